The van der Waals surface area contributed by atoms with Gasteiger partial charge in [-0.25, -0.2) is 9.18 Å². The Labute approximate surface area is 130 Å². The lowest BCUT2D eigenvalue weighted by Crippen LogP contribution is -2.34. The largest absolute Gasteiger partial charge is 0.436 e. The molecular formula is C14H17F4N3O2. The molecule has 1 saturated carbocycles. The monoisotopic (exact) mass is 335 g/mol. The van der Waals surface area contributed by atoms with E-state index in [0.717, 1.165) is 0 Å². The summed E-state index contributed by atoms with van der Waals surface area (Å²) in [4.78, 5) is 14.8. The summed E-state index contributed by atoms with van der Waals surface area (Å²) < 4.78 is 56.9. The van der Waals surface area contributed by atoms with Crippen LogP contribution in [0.15, 0.2) is 12.3 Å². The van der Waals surface area contributed by atoms with E-state index in [9.17, 15) is 22.4 Å². The minimum atomic E-state index is -4.88. The van der Waals surface area contributed by atoms with E-state index in [4.69, 9.17) is 16.2 Å². The summed E-state index contributed by atoms with van der Waals surface area (Å²) in [7, 11) is 0. The fourth-order valence-corrected chi connectivity index (χ4v) is 2.74. The van der Waals surface area contributed by atoms with Gasteiger partial charge in [0.2, 0.25) is 0 Å². The molecule has 1 amide bonds. The summed E-state index contributed by atoms with van der Waals surface area (Å²) in [5.74, 6) is -1.83. The van der Waals surface area contributed by atoms with E-state index < -0.39 is 34.8 Å². The Morgan fingerprint density at radius 1 is 1.48 bits per heavy atom. The van der Waals surface area contributed by atoms with Crippen LogP contribution in [0.5, 0.6) is 0 Å². The maximum atomic E-state index is 13.4. The highest BCUT2D eigenvalue weighted by Gasteiger charge is 2.61. The number of carbonyl (C=O) groups is 1. The van der Waals surface area contributed by atoms with Crippen molar-refractivity contribution in [3.8, 4) is 0 Å². The van der Waals surface area contributed by atoms with Crippen molar-refractivity contribution < 1.29 is 27.1 Å². The maximum Gasteiger partial charge on any atom is 0.419 e. The van der Waals surface area contributed by atoms with Gasteiger partial charge >= 0.3 is 12.3 Å². The zero-order valence-electron chi connectivity index (χ0n) is 12.6. The van der Waals surface area contributed by atoms with Gasteiger partial charge in [-0.1, -0.05) is 0 Å². The number of ether oxygens (including phenoxy) is 1. The molecule has 4 N–H and O–H groups in total. The van der Waals surface area contributed by atoms with Crippen molar-refractivity contribution in [2.24, 2.45) is 17.4 Å². The highest BCUT2D eigenvalue weighted by Crippen LogP contribution is 2.58. The number of alkyl halides is 3. The van der Waals surface area contributed by atoms with Gasteiger partial charge in [0.25, 0.3) is 0 Å². The third kappa shape index (κ3) is 3.72. The van der Waals surface area contributed by atoms with Gasteiger partial charge in [-0.15, -0.1) is 0 Å². The summed E-state index contributed by atoms with van der Waals surface area (Å²) in [6, 6.07) is 0.557. The molecule has 0 spiro atoms. The van der Waals surface area contributed by atoms with Crippen LogP contribution in [0.25, 0.3) is 0 Å². The summed E-state index contributed by atoms with van der Waals surface area (Å²) in [6.45, 7) is 3.47. The molecule has 1 heterocycles. The molecule has 0 aliphatic heterocycles. The van der Waals surface area contributed by atoms with Crippen LogP contribution in [0.2, 0.25) is 0 Å². The molecule has 0 radical (unpaired) electrons. The Kier molecular flexibility index (Phi) is 4.04. The van der Waals surface area contributed by atoms with Crippen molar-refractivity contribution in [3.05, 3.63) is 29.3 Å². The molecule has 0 bridgehead atoms. The smallest absolute Gasteiger partial charge is 0.419 e. The first-order chi connectivity index (χ1) is 10.3. The van der Waals surface area contributed by atoms with Crippen LogP contribution < -0.4 is 11.5 Å². The molecule has 0 aromatic carbocycles. The normalized spacial score (nSPS) is 24.4. The molecular weight excluding hydrogens is 318 g/mol. The summed E-state index contributed by atoms with van der Waals surface area (Å²) >= 11 is 0. The number of amides is 1. The van der Waals surface area contributed by atoms with Gasteiger partial charge in [0, 0.05) is 17.9 Å². The second kappa shape index (κ2) is 5.33. The van der Waals surface area contributed by atoms with Gasteiger partial charge in [0.15, 0.2) is 11.4 Å². The van der Waals surface area contributed by atoms with Crippen molar-refractivity contribution in [2.75, 3.05) is 0 Å². The number of nitrogens with two attached hydrogens (primary N) is 2. The van der Waals surface area contributed by atoms with Crippen molar-refractivity contribution in [1.29, 1.82) is 0 Å². The number of halogens is 4. The molecule has 2 rings (SSSR count). The second-order valence-electron chi connectivity index (χ2n) is 6.45. The molecule has 1 aliphatic rings. The lowest BCUT2D eigenvalue weighted by molar-refractivity contribution is -0.140. The molecule has 23 heavy (non-hydrogen) atoms. The van der Waals surface area contributed by atoms with Gasteiger partial charge in [-0.2, -0.15) is 13.2 Å². The fourth-order valence-electron chi connectivity index (χ4n) is 2.74. The lowest BCUT2D eigenvalue weighted by atomic mass is 9.96. The van der Waals surface area contributed by atoms with Crippen molar-refractivity contribution in [2.45, 2.75) is 44.0 Å². The van der Waals surface area contributed by atoms with E-state index in [1.165, 1.54) is 0 Å². The summed E-state index contributed by atoms with van der Waals surface area (Å²) in [6.07, 6.45) is -4.95. The molecule has 5 nitrogen and oxygen atoms in total. The highest BCUT2D eigenvalue weighted by atomic mass is 19.4. The van der Waals surface area contributed by atoms with Gasteiger partial charge in [-0.05, 0) is 26.3 Å². The van der Waals surface area contributed by atoms with Gasteiger partial charge in [0.05, 0.1) is 17.5 Å². The molecule has 1 fully saturated rings. The first-order valence-corrected chi connectivity index (χ1v) is 6.86. The van der Waals surface area contributed by atoms with Crippen LogP contribution in [-0.4, -0.2) is 16.6 Å². The average molecular weight is 335 g/mol. The predicted molar refractivity (Wildman–Crippen MR) is 72.5 cm³/mol. The van der Waals surface area contributed by atoms with Gasteiger partial charge < -0.3 is 16.2 Å². The first-order valence-electron chi connectivity index (χ1n) is 6.86. The number of hydrogen-bond acceptors (Lipinski definition) is 4. The number of pyridine rings is 1. The number of rotatable bonds is 4. The Balaban J connectivity index is 2.41. The van der Waals surface area contributed by atoms with E-state index in [1.54, 1.807) is 13.8 Å². The highest BCUT2D eigenvalue weighted by molar-refractivity contribution is 5.66. The molecule has 1 aromatic heterocycles. The predicted octanol–water partition coefficient (Wildman–Crippen LogP) is 2.68. The van der Waals surface area contributed by atoms with Crippen molar-refractivity contribution >= 4 is 6.09 Å². The van der Waals surface area contributed by atoms with Crippen LogP contribution in [0.4, 0.5) is 22.4 Å². The number of nitrogens with zero attached hydrogens (tertiary/aromatic N) is 1. The Morgan fingerprint density at radius 2 is 2.09 bits per heavy atom. The SMILES string of the molecule is CC(C)(N)CC1CC1(OC(N)=O)c1cc(C(F)(F)F)c(F)cn1. The second-order valence-corrected chi connectivity index (χ2v) is 6.45. The third-order valence-electron chi connectivity index (χ3n) is 3.70. The minimum absolute atomic E-state index is 0.181. The minimum Gasteiger partial charge on any atom is -0.436 e. The van der Waals surface area contributed by atoms with E-state index >= 15 is 0 Å². The van der Waals surface area contributed by atoms with Crippen molar-refractivity contribution in [3.63, 3.8) is 0 Å². The van der Waals surface area contributed by atoms with Crippen molar-refractivity contribution in [1.82, 2.24) is 4.98 Å². The van der Waals surface area contributed by atoms with Crippen LogP contribution in [-0.2, 0) is 16.5 Å². The molecule has 2 unspecified atom stereocenters. The van der Waals surface area contributed by atoms with Gasteiger partial charge in [0.1, 0.15) is 0 Å². The maximum absolute atomic E-state index is 13.4. The summed E-state index contributed by atoms with van der Waals surface area (Å²) in [5.41, 5.74) is 7.25. The molecule has 1 aliphatic carbocycles. The molecule has 1 aromatic rings. The van der Waals surface area contributed by atoms with E-state index in [0.29, 0.717) is 18.7 Å². The standard InChI is InChI=1S/C14H17F4N3O2/c1-12(2,20)4-7-5-13(7,23-11(19)22)10-3-8(14(16,17)18)9(15)6-21-10/h3,6-7H,4-5,20H2,1-2H3,(H2,19,22). The van der Waals surface area contributed by atoms with E-state index in [1.807, 2.05) is 0 Å². The topological polar surface area (TPSA) is 91.2 Å². The zero-order chi connectivity index (χ0) is 17.6. The number of aromatic nitrogens is 1. The Morgan fingerprint density at radius 3 is 2.57 bits per heavy atom. The number of hydrogen-bond donors (Lipinski definition) is 2. The van der Waals surface area contributed by atoms with Gasteiger partial charge in [-0.3, -0.25) is 4.98 Å². The third-order valence-corrected chi connectivity index (χ3v) is 3.70. The van der Waals surface area contributed by atoms with Crippen LogP contribution in [0, 0.1) is 11.7 Å². The average Bonchev–Trinajstić information content (AvgIpc) is 2.98. The first kappa shape index (κ1) is 17.5. The molecule has 0 saturated heterocycles. The number of primary amides is 1. The van der Waals surface area contributed by atoms with E-state index in [-0.39, 0.29) is 18.0 Å². The summed E-state index contributed by atoms with van der Waals surface area (Å²) in [5, 5.41) is 0. The fraction of sp³-hybridized carbons (Fsp3) is 0.571. The quantitative estimate of drug-likeness (QED) is 0.828. The Bertz CT molecular complexity index is 627. The van der Waals surface area contributed by atoms with Crippen LogP contribution >= 0.6 is 0 Å². The molecule has 9 heteroatoms. The van der Waals surface area contributed by atoms with E-state index in [2.05, 4.69) is 4.98 Å². The molecule has 2 atom stereocenters. The lowest BCUT2D eigenvalue weighted by Gasteiger charge is -2.22. The zero-order valence-corrected chi connectivity index (χ0v) is 12.6. The Hall–Kier alpha value is -1.90. The van der Waals surface area contributed by atoms with Crippen LogP contribution in [0.1, 0.15) is 37.9 Å². The van der Waals surface area contributed by atoms with Crippen LogP contribution in [0.3, 0.4) is 0 Å². The number of carbonyl (C=O) groups excluding carboxylic acids is 1. The molecule has 128 valence electrons.